The van der Waals surface area contributed by atoms with E-state index >= 15 is 0 Å². The lowest BCUT2D eigenvalue weighted by Gasteiger charge is -2.15. The van der Waals surface area contributed by atoms with Crippen molar-refractivity contribution in [1.82, 2.24) is 10.2 Å². The van der Waals surface area contributed by atoms with Gasteiger partial charge in [-0.25, -0.2) is 4.39 Å². The predicted molar refractivity (Wildman–Crippen MR) is 72.2 cm³/mol. The van der Waals surface area contributed by atoms with E-state index < -0.39 is 11.7 Å². The highest BCUT2D eigenvalue weighted by Gasteiger charge is 2.20. The second-order valence-corrected chi connectivity index (χ2v) is 5.22. The first-order valence-electron chi connectivity index (χ1n) is 6.09. The van der Waals surface area contributed by atoms with Crippen LogP contribution in [0.2, 0.25) is 0 Å². The van der Waals surface area contributed by atoms with E-state index in [2.05, 4.69) is 21.2 Å². The van der Waals surface area contributed by atoms with Crippen molar-refractivity contribution in [3.63, 3.8) is 0 Å². The number of carbonyl (C=O) groups excluding carboxylic acids is 2. The Morgan fingerprint density at radius 2 is 2.00 bits per heavy atom. The summed E-state index contributed by atoms with van der Waals surface area (Å²) in [5.41, 5.74) is -0.0725. The fraction of sp³-hybridized carbons (Fsp3) is 0.385. The molecule has 0 radical (unpaired) electrons. The zero-order valence-corrected chi connectivity index (χ0v) is 11.9. The fourth-order valence-electron chi connectivity index (χ4n) is 2.04. The second kappa shape index (κ2) is 6.14. The lowest BCUT2D eigenvalue weighted by molar-refractivity contribution is -0.129. The Balaban J connectivity index is 1.96. The Kier molecular flexibility index (Phi) is 4.52. The number of halogens is 2. The molecule has 1 fully saturated rings. The van der Waals surface area contributed by atoms with Crippen LogP contribution in [0, 0.1) is 5.82 Å². The highest BCUT2D eigenvalue weighted by atomic mass is 79.9. The first-order chi connectivity index (χ1) is 9.09. The molecule has 1 aromatic rings. The molecule has 0 unspecified atom stereocenters. The summed E-state index contributed by atoms with van der Waals surface area (Å²) < 4.78 is 13.9. The van der Waals surface area contributed by atoms with Gasteiger partial charge in [-0.3, -0.25) is 9.59 Å². The van der Waals surface area contributed by atoms with Crippen molar-refractivity contribution in [1.29, 1.82) is 0 Å². The van der Waals surface area contributed by atoms with Crippen LogP contribution in [-0.4, -0.2) is 36.3 Å². The molecular weight excluding hydrogens is 315 g/mol. The van der Waals surface area contributed by atoms with Gasteiger partial charge in [0.1, 0.15) is 5.82 Å². The van der Waals surface area contributed by atoms with Crippen molar-refractivity contribution < 1.29 is 14.0 Å². The van der Waals surface area contributed by atoms with E-state index in [-0.39, 0.29) is 18.0 Å². The summed E-state index contributed by atoms with van der Waals surface area (Å²) in [6.07, 6.45) is 2.00. The van der Waals surface area contributed by atoms with Gasteiger partial charge in [0, 0.05) is 17.6 Å². The van der Waals surface area contributed by atoms with Crippen molar-refractivity contribution in [2.45, 2.75) is 12.8 Å². The molecule has 1 N–H and O–H groups in total. The van der Waals surface area contributed by atoms with Gasteiger partial charge in [-0.1, -0.05) is 6.07 Å². The van der Waals surface area contributed by atoms with E-state index in [0.29, 0.717) is 4.47 Å². The molecule has 6 heteroatoms. The molecule has 0 spiro atoms. The number of nitrogens with one attached hydrogen (secondary N) is 1. The number of benzene rings is 1. The van der Waals surface area contributed by atoms with Gasteiger partial charge in [-0.15, -0.1) is 0 Å². The Morgan fingerprint density at radius 3 is 2.63 bits per heavy atom. The second-order valence-electron chi connectivity index (χ2n) is 4.37. The quantitative estimate of drug-likeness (QED) is 0.921. The van der Waals surface area contributed by atoms with Crippen LogP contribution in [0.1, 0.15) is 23.2 Å². The van der Waals surface area contributed by atoms with Crippen molar-refractivity contribution >= 4 is 27.7 Å². The minimum absolute atomic E-state index is 0.0725. The molecule has 4 nitrogen and oxygen atoms in total. The molecule has 0 saturated carbocycles. The van der Waals surface area contributed by atoms with Gasteiger partial charge in [-0.05, 0) is 40.9 Å². The Morgan fingerprint density at radius 1 is 1.32 bits per heavy atom. The highest BCUT2D eigenvalue weighted by Crippen LogP contribution is 2.19. The van der Waals surface area contributed by atoms with E-state index in [1.807, 2.05) is 0 Å². The molecule has 19 heavy (non-hydrogen) atoms. The third-order valence-corrected chi connectivity index (χ3v) is 3.71. The molecule has 0 aromatic heterocycles. The van der Waals surface area contributed by atoms with Gasteiger partial charge >= 0.3 is 0 Å². The molecule has 0 bridgehead atoms. The molecule has 1 aromatic carbocycles. The average Bonchev–Trinajstić information content (AvgIpc) is 2.89. The van der Waals surface area contributed by atoms with Crippen molar-refractivity contribution in [2.24, 2.45) is 0 Å². The number of nitrogens with zero attached hydrogens (tertiary/aromatic N) is 1. The van der Waals surface area contributed by atoms with Crippen LogP contribution in [0.4, 0.5) is 4.39 Å². The fourth-order valence-corrected chi connectivity index (χ4v) is 2.56. The first kappa shape index (κ1) is 14.0. The van der Waals surface area contributed by atoms with Crippen LogP contribution in [0.3, 0.4) is 0 Å². The third kappa shape index (κ3) is 3.32. The molecule has 0 atom stereocenters. The van der Waals surface area contributed by atoms with Crippen LogP contribution in [-0.2, 0) is 4.79 Å². The molecule has 102 valence electrons. The van der Waals surface area contributed by atoms with E-state index in [1.54, 1.807) is 11.0 Å². The summed E-state index contributed by atoms with van der Waals surface area (Å²) in [4.78, 5) is 25.3. The summed E-state index contributed by atoms with van der Waals surface area (Å²) in [6.45, 7) is 1.37. The summed E-state index contributed by atoms with van der Waals surface area (Å²) in [5.74, 6) is -1.32. The molecule has 1 saturated heterocycles. The number of rotatable bonds is 3. The SMILES string of the molecule is O=C(NCC(=O)N1CCCC1)c1c(F)cccc1Br. The third-order valence-electron chi connectivity index (χ3n) is 3.05. The van der Waals surface area contributed by atoms with Crippen molar-refractivity contribution in [3.8, 4) is 0 Å². The van der Waals surface area contributed by atoms with Crippen LogP contribution >= 0.6 is 15.9 Å². The topological polar surface area (TPSA) is 49.4 Å². The lowest BCUT2D eigenvalue weighted by atomic mass is 10.2. The van der Waals surface area contributed by atoms with Crippen LogP contribution < -0.4 is 5.32 Å². The van der Waals surface area contributed by atoms with Gasteiger partial charge < -0.3 is 10.2 Å². The van der Waals surface area contributed by atoms with Crippen molar-refractivity contribution in [3.05, 3.63) is 34.1 Å². The van der Waals surface area contributed by atoms with E-state index in [0.717, 1.165) is 25.9 Å². The van der Waals surface area contributed by atoms with E-state index in [9.17, 15) is 14.0 Å². The smallest absolute Gasteiger partial charge is 0.255 e. The number of likely N-dealkylation sites (tertiary alicyclic amines) is 1. The molecule has 0 aliphatic carbocycles. The highest BCUT2D eigenvalue weighted by molar-refractivity contribution is 9.10. The van der Waals surface area contributed by atoms with Gasteiger partial charge in [0.15, 0.2) is 0 Å². The van der Waals surface area contributed by atoms with Gasteiger partial charge in [0.25, 0.3) is 5.91 Å². The maximum Gasteiger partial charge on any atom is 0.255 e. The minimum Gasteiger partial charge on any atom is -0.343 e. The molecule has 2 amide bonds. The molecule has 1 aliphatic rings. The van der Waals surface area contributed by atoms with Gasteiger partial charge in [0.2, 0.25) is 5.91 Å². The maximum atomic E-state index is 13.5. The number of hydrogen-bond acceptors (Lipinski definition) is 2. The summed E-state index contributed by atoms with van der Waals surface area (Å²) in [7, 11) is 0. The zero-order valence-electron chi connectivity index (χ0n) is 10.3. The van der Waals surface area contributed by atoms with Crippen LogP contribution in [0.5, 0.6) is 0 Å². The summed E-state index contributed by atoms with van der Waals surface area (Å²) in [6, 6.07) is 4.30. The largest absolute Gasteiger partial charge is 0.343 e. The van der Waals surface area contributed by atoms with Crippen molar-refractivity contribution in [2.75, 3.05) is 19.6 Å². The zero-order chi connectivity index (χ0) is 13.8. The number of carbonyl (C=O) groups is 2. The first-order valence-corrected chi connectivity index (χ1v) is 6.89. The Bertz CT molecular complexity index is 481. The maximum absolute atomic E-state index is 13.5. The predicted octanol–water partition coefficient (Wildman–Crippen LogP) is 1.94. The van der Waals surface area contributed by atoms with Gasteiger partial charge in [0.05, 0.1) is 12.1 Å². The monoisotopic (exact) mass is 328 g/mol. The number of hydrogen-bond donors (Lipinski definition) is 1. The van der Waals surface area contributed by atoms with Crippen LogP contribution in [0.15, 0.2) is 22.7 Å². The average molecular weight is 329 g/mol. The summed E-state index contributed by atoms with van der Waals surface area (Å²) in [5, 5.41) is 2.46. The van der Waals surface area contributed by atoms with E-state index in [1.165, 1.54) is 12.1 Å². The summed E-state index contributed by atoms with van der Waals surface area (Å²) >= 11 is 3.12. The molecule has 1 aliphatic heterocycles. The standard InChI is InChI=1S/C13H14BrFN2O2/c14-9-4-3-5-10(15)12(9)13(19)16-8-11(18)17-6-1-2-7-17/h3-5H,1-2,6-8H2,(H,16,19). The molecule has 1 heterocycles. The Labute approximate surface area is 119 Å². The van der Waals surface area contributed by atoms with E-state index in [4.69, 9.17) is 0 Å². The minimum atomic E-state index is -0.611. The van der Waals surface area contributed by atoms with Crippen LogP contribution in [0.25, 0.3) is 0 Å². The number of amides is 2. The lowest BCUT2D eigenvalue weighted by Crippen LogP contribution is -2.39. The normalized spacial score (nSPS) is 14.5. The Hall–Kier alpha value is -1.43. The van der Waals surface area contributed by atoms with Gasteiger partial charge in [-0.2, -0.15) is 0 Å². The molecular formula is C13H14BrFN2O2. The molecule has 2 rings (SSSR count).